The Labute approximate surface area is 130 Å². The van der Waals surface area contributed by atoms with Gasteiger partial charge in [-0.2, -0.15) is 4.68 Å². The van der Waals surface area contributed by atoms with Gasteiger partial charge >= 0.3 is 11.4 Å². The summed E-state index contributed by atoms with van der Waals surface area (Å²) >= 11 is 0. The first-order valence-electron chi connectivity index (χ1n) is 6.09. The largest absolute Gasteiger partial charge is 0.438 e. The van der Waals surface area contributed by atoms with E-state index in [2.05, 4.69) is 30.2 Å². The lowest BCUT2D eigenvalue weighted by atomic mass is 9.96. The fourth-order valence-corrected chi connectivity index (χ4v) is 1.19. The minimum atomic E-state index is -0.495. The summed E-state index contributed by atoms with van der Waals surface area (Å²) in [5, 5.41) is 12.7. The van der Waals surface area contributed by atoms with E-state index in [0.29, 0.717) is 5.82 Å². The van der Waals surface area contributed by atoms with Crippen LogP contribution in [0.5, 0.6) is 0 Å². The van der Waals surface area contributed by atoms with E-state index >= 15 is 0 Å². The zero-order chi connectivity index (χ0) is 15.6. The maximum absolute atomic E-state index is 10.8. The van der Waals surface area contributed by atoms with Crippen molar-refractivity contribution in [3.05, 3.63) is 26.9 Å². The third-order valence-electron chi connectivity index (χ3n) is 2.26. The zero-order valence-electron chi connectivity index (χ0n) is 12.5. The highest BCUT2D eigenvalue weighted by molar-refractivity contribution is 4.96. The Kier molecular flexibility index (Phi) is 7.75. The second-order valence-corrected chi connectivity index (χ2v) is 6.28. The number of aromatic nitrogens is 6. The first-order valence-corrected chi connectivity index (χ1v) is 6.09. The van der Waals surface area contributed by atoms with Crippen molar-refractivity contribution in [3.8, 4) is 0 Å². The summed E-state index contributed by atoms with van der Waals surface area (Å²) in [5.41, 5.74) is -0.705. The predicted molar refractivity (Wildman–Crippen MR) is 84.9 cm³/mol. The third kappa shape index (κ3) is 6.06. The van der Waals surface area contributed by atoms with Gasteiger partial charge in [0.15, 0.2) is 5.82 Å². The highest BCUT2D eigenvalue weighted by Gasteiger charge is 2.18. The molecule has 2 heterocycles. The van der Waals surface area contributed by atoms with Gasteiger partial charge in [-0.3, -0.25) is 9.51 Å². The highest BCUT2D eigenvalue weighted by atomic mass is 16.5. The molecule has 0 amide bonds. The van der Waals surface area contributed by atoms with Gasteiger partial charge in [0.05, 0.1) is 5.54 Å². The molecule has 0 atom stereocenters. The van der Waals surface area contributed by atoms with Crippen LogP contribution in [0.3, 0.4) is 0 Å². The molecular weight excluding hydrogens is 288 g/mol. The van der Waals surface area contributed by atoms with Crippen LogP contribution in [-0.2, 0) is 11.0 Å². The number of hydrogen-bond acceptors (Lipinski definition) is 6. The van der Waals surface area contributed by atoms with Gasteiger partial charge in [0.25, 0.3) is 0 Å². The Morgan fingerprint density at radius 3 is 1.77 bits per heavy atom. The molecule has 0 aliphatic rings. The van der Waals surface area contributed by atoms with Gasteiger partial charge in [-0.05, 0) is 31.2 Å². The Bertz CT molecular complexity index is 650. The number of hydrogen-bond donors (Lipinski definition) is 2. The molecule has 22 heavy (non-hydrogen) atoms. The molecule has 9 nitrogen and oxygen atoms in total. The molecule has 0 fully saturated rings. The number of nitrogens with one attached hydrogen (secondary N) is 2. The average molecular weight is 316 g/mol. The molecule has 0 aromatic carbocycles. The van der Waals surface area contributed by atoms with Gasteiger partial charge in [-0.15, -0.1) is 0 Å². The summed E-state index contributed by atoms with van der Waals surface area (Å²) in [6.45, 7) is 11.5. The standard InChI is InChI=1S/C6H10N2O2.C5H10N4O.2CH4/c1-6(2,3)4-7-5(9)10-8-4;1-5(2,3)9-4(10)6-7-8-9;;/h1-3H3,(H,7,8,9);1-3H3,(H,6,8,10);2*1H4. The van der Waals surface area contributed by atoms with E-state index in [-0.39, 0.29) is 31.5 Å². The summed E-state index contributed by atoms with van der Waals surface area (Å²) < 4.78 is 5.63. The van der Waals surface area contributed by atoms with Gasteiger partial charge in [0.2, 0.25) is 0 Å². The summed E-state index contributed by atoms with van der Waals surface area (Å²) in [5.74, 6) is 0.0856. The molecule has 128 valence electrons. The smallest absolute Gasteiger partial charge is 0.296 e. The van der Waals surface area contributed by atoms with Crippen molar-refractivity contribution in [1.29, 1.82) is 0 Å². The van der Waals surface area contributed by atoms with Crippen molar-refractivity contribution >= 4 is 0 Å². The van der Waals surface area contributed by atoms with Crippen LogP contribution < -0.4 is 11.4 Å². The van der Waals surface area contributed by atoms with Crippen molar-refractivity contribution in [2.45, 2.75) is 67.3 Å². The molecule has 0 bridgehead atoms. The normalized spacial score (nSPS) is 10.8. The Morgan fingerprint density at radius 2 is 1.59 bits per heavy atom. The van der Waals surface area contributed by atoms with E-state index < -0.39 is 5.76 Å². The summed E-state index contributed by atoms with van der Waals surface area (Å²) in [6, 6.07) is 0. The second kappa shape index (κ2) is 7.71. The maximum Gasteiger partial charge on any atom is 0.438 e. The molecule has 2 N–H and O–H groups in total. The van der Waals surface area contributed by atoms with Gasteiger partial charge in [0.1, 0.15) is 0 Å². The van der Waals surface area contributed by atoms with Gasteiger partial charge in [0, 0.05) is 5.41 Å². The molecule has 0 unspecified atom stereocenters. The van der Waals surface area contributed by atoms with Gasteiger partial charge in [-0.25, -0.2) is 14.7 Å². The molecule has 0 aliphatic heterocycles. The monoisotopic (exact) mass is 316 g/mol. The van der Waals surface area contributed by atoms with Gasteiger partial charge < -0.3 is 0 Å². The Hall–Kier alpha value is -2.19. The van der Waals surface area contributed by atoms with Crippen LogP contribution in [0.4, 0.5) is 0 Å². The van der Waals surface area contributed by atoms with Crippen LogP contribution in [0, 0.1) is 0 Å². The molecule has 0 aliphatic carbocycles. The van der Waals surface area contributed by atoms with Gasteiger partial charge in [-0.1, -0.05) is 40.8 Å². The van der Waals surface area contributed by atoms with Crippen LogP contribution in [0.25, 0.3) is 0 Å². The van der Waals surface area contributed by atoms with Crippen LogP contribution in [0.1, 0.15) is 62.2 Å². The van der Waals surface area contributed by atoms with E-state index in [0.717, 1.165) is 0 Å². The number of H-pyrrole nitrogens is 2. The minimum Gasteiger partial charge on any atom is -0.296 e. The third-order valence-corrected chi connectivity index (χ3v) is 2.26. The molecule has 2 aromatic rings. The highest BCUT2D eigenvalue weighted by Crippen LogP contribution is 2.15. The number of aromatic amines is 2. The number of nitrogens with zero attached hydrogens (tertiary/aromatic N) is 4. The molecule has 0 saturated heterocycles. The van der Waals surface area contributed by atoms with E-state index in [1.54, 1.807) is 0 Å². The lowest BCUT2D eigenvalue weighted by Crippen LogP contribution is -2.33. The van der Waals surface area contributed by atoms with Crippen LogP contribution in [-0.4, -0.2) is 30.3 Å². The van der Waals surface area contributed by atoms with Crippen molar-refractivity contribution in [1.82, 2.24) is 30.3 Å². The lowest BCUT2D eigenvalue weighted by Gasteiger charge is -2.15. The summed E-state index contributed by atoms with van der Waals surface area (Å²) in [7, 11) is 0. The molecular formula is C13H28N6O3. The average Bonchev–Trinajstić information content (AvgIpc) is 2.85. The van der Waals surface area contributed by atoms with Crippen molar-refractivity contribution < 1.29 is 4.52 Å². The zero-order valence-corrected chi connectivity index (χ0v) is 12.5. The predicted octanol–water partition coefficient (Wildman–Crippen LogP) is 1.65. The lowest BCUT2D eigenvalue weighted by molar-refractivity contribution is 0.337. The fraction of sp³-hybridized carbons (Fsp3) is 0.769. The summed E-state index contributed by atoms with van der Waals surface area (Å²) in [6.07, 6.45) is 0. The SMILES string of the molecule is C.C.CC(C)(C)c1noc(=O)[nH]1.CC(C)(C)n1nn[nH]c1=O. The first kappa shape index (κ1) is 22.1. The van der Waals surface area contributed by atoms with Crippen molar-refractivity contribution in [2.24, 2.45) is 0 Å². The van der Waals surface area contributed by atoms with Crippen LogP contribution in [0.2, 0.25) is 0 Å². The molecule has 0 saturated carbocycles. The number of rotatable bonds is 0. The topological polar surface area (TPSA) is 122 Å². The first-order chi connectivity index (χ1) is 9.01. The summed E-state index contributed by atoms with van der Waals surface area (Å²) in [4.78, 5) is 23.8. The van der Waals surface area contributed by atoms with Crippen molar-refractivity contribution in [2.75, 3.05) is 0 Å². The Morgan fingerprint density at radius 1 is 1.05 bits per heavy atom. The number of tetrazole rings is 1. The van der Waals surface area contributed by atoms with E-state index in [1.165, 1.54) is 4.68 Å². The molecule has 0 radical (unpaired) electrons. The van der Waals surface area contributed by atoms with Crippen LogP contribution in [0.15, 0.2) is 14.1 Å². The van der Waals surface area contributed by atoms with Crippen LogP contribution >= 0.6 is 0 Å². The minimum absolute atomic E-state index is 0. The molecule has 0 spiro atoms. The Balaban J connectivity index is 0. The molecule has 2 rings (SSSR count). The van der Waals surface area contributed by atoms with Crippen molar-refractivity contribution in [3.63, 3.8) is 0 Å². The second-order valence-electron chi connectivity index (χ2n) is 6.28. The van der Waals surface area contributed by atoms with E-state index in [4.69, 9.17) is 0 Å². The fourth-order valence-electron chi connectivity index (χ4n) is 1.19. The quantitative estimate of drug-likeness (QED) is 0.762. The van der Waals surface area contributed by atoms with E-state index in [9.17, 15) is 9.59 Å². The maximum atomic E-state index is 10.8. The molecule has 9 heteroatoms. The van der Waals surface area contributed by atoms with E-state index in [1.807, 2.05) is 41.5 Å². The molecule has 2 aromatic heterocycles.